The molecule has 0 radical (unpaired) electrons. The number of hydrogen-bond donors (Lipinski definition) is 1. The normalized spacial score (nSPS) is 11.1. The van der Waals surface area contributed by atoms with E-state index >= 15 is 0 Å². The molecular formula is C10H12ClN3. The van der Waals surface area contributed by atoms with Gasteiger partial charge < -0.3 is 5.73 Å². The number of nitrogens with two attached hydrogens (primary N) is 1. The Labute approximate surface area is 87.5 Å². The Morgan fingerprint density at radius 2 is 2.29 bits per heavy atom. The van der Waals surface area contributed by atoms with Crippen LogP contribution in [0.5, 0.6) is 0 Å². The molecule has 2 N–H and O–H groups in total. The van der Waals surface area contributed by atoms with Crippen LogP contribution in [0.2, 0.25) is 5.02 Å². The first-order valence-corrected chi connectivity index (χ1v) is 4.93. The third-order valence-corrected chi connectivity index (χ3v) is 2.63. The van der Waals surface area contributed by atoms with Gasteiger partial charge in [0.2, 0.25) is 0 Å². The lowest BCUT2D eigenvalue weighted by molar-refractivity contribution is 0.614. The van der Waals surface area contributed by atoms with Crippen molar-refractivity contribution in [2.45, 2.75) is 13.5 Å². The van der Waals surface area contributed by atoms with E-state index in [2.05, 4.69) is 5.10 Å². The highest BCUT2D eigenvalue weighted by atomic mass is 35.5. The number of hydrogen-bond acceptors (Lipinski definition) is 2. The second-order valence-corrected chi connectivity index (χ2v) is 3.64. The Morgan fingerprint density at radius 1 is 1.50 bits per heavy atom. The van der Waals surface area contributed by atoms with Crippen molar-refractivity contribution in [1.29, 1.82) is 0 Å². The van der Waals surface area contributed by atoms with Gasteiger partial charge in [0.15, 0.2) is 0 Å². The molecule has 1 aromatic carbocycles. The molecule has 0 spiro atoms. The SMILES string of the molecule is Cc1c2cccc(Cl)c2nn1CCN. The Hall–Kier alpha value is -1.06. The van der Waals surface area contributed by atoms with Crippen LogP contribution in [0.1, 0.15) is 5.69 Å². The molecule has 0 saturated carbocycles. The third kappa shape index (κ3) is 1.38. The molecule has 2 aromatic rings. The Bertz CT molecular complexity index is 462. The largest absolute Gasteiger partial charge is 0.329 e. The number of aromatic nitrogens is 2. The van der Waals surface area contributed by atoms with E-state index in [0.717, 1.165) is 23.1 Å². The minimum absolute atomic E-state index is 0.590. The monoisotopic (exact) mass is 209 g/mol. The molecule has 0 aliphatic rings. The third-order valence-electron chi connectivity index (χ3n) is 2.33. The van der Waals surface area contributed by atoms with Gasteiger partial charge in [-0.2, -0.15) is 5.10 Å². The van der Waals surface area contributed by atoms with Gasteiger partial charge in [-0.3, -0.25) is 4.68 Å². The first-order valence-electron chi connectivity index (χ1n) is 4.55. The number of halogens is 1. The van der Waals surface area contributed by atoms with Crippen molar-refractivity contribution in [2.24, 2.45) is 5.73 Å². The molecule has 3 nitrogen and oxygen atoms in total. The summed E-state index contributed by atoms with van der Waals surface area (Å²) in [4.78, 5) is 0. The van der Waals surface area contributed by atoms with Crippen LogP contribution in [-0.2, 0) is 6.54 Å². The smallest absolute Gasteiger partial charge is 0.111 e. The van der Waals surface area contributed by atoms with Crippen molar-refractivity contribution in [1.82, 2.24) is 9.78 Å². The first kappa shape index (κ1) is 9.49. The summed E-state index contributed by atoms with van der Waals surface area (Å²) in [5.41, 5.74) is 7.48. The highest BCUT2D eigenvalue weighted by Gasteiger charge is 2.08. The molecule has 0 fully saturated rings. The van der Waals surface area contributed by atoms with E-state index in [1.807, 2.05) is 29.8 Å². The maximum Gasteiger partial charge on any atom is 0.111 e. The van der Waals surface area contributed by atoms with Crippen molar-refractivity contribution in [2.75, 3.05) is 6.54 Å². The lowest BCUT2D eigenvalue weighted by Gasteiger charge is -1.99. The molecule has 2 rings (SSSR count). The van der Waals surface area contributed by atoms with E-state index < -0.39 is 0 Å². The number of benzene rings is 1. The number of aryl methyl sites for hydroxylation is 1. The average Bonchev–Trinajstić information content (AvgIpc) is 2.48. The van der Waals surface area contributed by atoms with Crippen molar-refractivity contribution in [3.05, 3.63) is 28.9 Å². The topological polar surface area (TPSA) is 43.8 Å². The predicted octanol–water partition coefficient (Wildman–Crippen LogP) is 1.96. The molecule has 0 saturated heterocycles. The van der Waals surface area contributed by atoms with Gasteiger partial charge in [-0.25, -0.2) is 0 Å². The highest BCUT2D eigenvalue weighted by molar-refractivity contribution is 6.35. The highest BCUT2D eigenvalue weighted by Crippen LogP contribution is 2.24. The summed E-state index contributed by atoms with van der Waals surface area (Å²) in [7, 11) is 0. The van der Waals surface area contributed by atoms with E-state index in [9.17, 15) is 0 Å². The van der Waals surface area contributed by atoms with E-state index in [4.69, 9.17) is 17.3 Å². The number of fused-ring (bicyclic) bond motifs is 1. The molecule has 74 valence electrons. The molecule has 0 bridgehead atoms. The van der Waals surface area contributed by atoms with Crippen molar-refractivity contribution >= 4 is 22.5 Å². The first-order chi connectivity index (χ1) is 6.74. The molecule has 4 heteroatoms. The van der Waals surface area contributed by atoms with Crippen molar-refractivity contribution in [3.63, 3.8) is 0 Å². The quantitative estimate of drug-likeness (QED) is 0.822. The zero-order chi connectivity index (χ0) is 10.1. The Kier molecular flexibility index (Phi) is 2.44. The van der Waals surface area contributed by atoms with E-state index in [0.29, 0.717) is 11.6 Å². The summed E-state index contributed by atoms with van der Waals surface area (Å²) < 4.78 is 1.90. The molecule has 14 heavy (non-hydrogen) atoms. The summed E-state index contributed by atoms with van der Waals surface area (Å²) >= 11 is 6.04. The van der Waals surface area contributed by atoms with Gasteiger partial charge in [0.05, 0.1) is 11.6 Å². The maximum atomic E-state index is 6.04. The van der Waals surface area contributed by atoms with Gasteiger partial charge in [0.25, 0.3) is 0 Å². The van der Waals surface area contributed by atoms with Gasteiger partial charge in [0.1, 0.15) is 5.52 Å². The van der Waals surface area contributed by atoms with Crippen LogP contribution in [0.3, 0.4) is 0 Å². The fourth-order valence-electron chi connectivity index (χ4n) is 1.58. The summed E-state index contributed by atoms with van der Waals surface area (Å²) in [6.45, 7) is 3.35. The second kappa shape index (κ2) is 3.59. The summed E-state index contributed by atoms with van der Waals surface area (Å²) in [5, 5.41) is 6.20. The Morgan fingerprint density at radius 3 is 2.93 bits per heavy atom. The molecule has 0 amide bonds. The molecule has 0 aliphatic heterocycles. The van der Waals surface area contributed by atoms with Crippen LogP contribution in [0, 0.1) is 6.92 Å². The van der Waals surface area contributed by atoms with Gasteiger partial charge in [-0.1, -0.05) is 23.7 Å². The van der Waals surface area contributed by atoms with Crippen molar-refractivity contribution < 1.29 is 0 Å². The van der Waals surface area contributed by atoms with Gasteiger partial charge in [-0.15, -0.1) is 0 Å². The second-order valence-electron chi connectivity index (χ2n) is 3.23. The van der Waals surface area contributed by atoms with E-state index in [-0.39, 0.29) is 0 Å². The fraction of sp³-hybridized carbons (Fsp3) is 0.300. The van der Waals surface area contributed by atoms with Crippen LogP contribution < -0.4 is 5.73 Å². The Balaban J connectivity index is 2.67. The van der Waals surface area contributed by atoms with E-state index in [1.54, 1.807) is 0 Å². The maximum absolute atomic E-state index is 6.04. The van der Waals surface area contributed by atoms with Crippen molar-refractivity contribution in [3.8, 4) is 0 Å². The summed E-state index contributed by atoms with van der Waals surface area (Å²) in [5.74, 6) is 0. The standard InChI is InChI=1S/C10H12ClN3/c1-7-8-3-2-4-9(11)10(8)13-14(7)6-5-12/h2-4H,5-6,12H2,1H3. The molecular weight excluding hydrogens is 198 g/mol. The van der Waals surface area contributed by atoms with Crippen LogP contribution in [0.25, 0.3) is 10.9 Å². The van der Waals surface area contributed by atoms with Gasteiger partial charge >= 0.3 is 0 Å². The zero-order valence-electron chi connectivity index (χ0n) is 8.00. The summed E-state index contributed by atoms with van der Waals surface area (Å²) in [6.07, 6.45) is 0. The molecule has 0 atom stereocenters. The van der Waals surface area contributed by atoms with Crippen LogP contribution in [-0.4, -0.2) is 16.3 Å². The number of nitrogens with zero attached hydrogens (tertiary/aromatic N) is 2. The zero-order valence-corrected chi connectivity index (χ0v) is 8.75. The number of rotatable bonds is 2. The fourth-order valence-corrected chi connectivity index (χ4v) is 1.80. The van der Waals surface area contributed by atoms with Gasteiger partial charge in [-0.05, 0) is 13.0 Å². The molecule has 0 aliphatic carbocycles. The summed E-state index contributed by atoms with van der Waals surface area (Å²) in [6, 6.07) is 5.81. The minimum atomic E-state index is 0.590. The molecule has 1 heterocycles. The predicted molar refractivity (Wildman–Crippen MR) is 58.5 cm³/mol. The van der Waals surface area contributed by atoms with Crippen LogP contribution >= 0.6 is 11.6 Å². The minimum Gasteiger partial charge on any atom is -0.329 e. The van der Waals surface area contributed by atoms with Gasteiger partial charge in [0, 0.05) is 17.6 Å². The average molecular weight is 210 g/mol. The molecule has 0 unspecified atom stereocenters. The lowest BCUT2D eigenvalue weighted by Crippen LogP contribution is -2.11. The lowest BCUT2D eigenvalue weighted by atomic mass is 10.2. The van der Waals surface area contributed by atoms with E-state index in [1.165, 1.54) is 0 Å². The molecule has 1 aromatic heterocycles. The van der Waals surface area contributed by atoms with Crippen LogP contribution in [0.4, 0.5) is 0 Å². The van der Waals surface area contributed by atoms with Crippen LogP contribution in [0.15, 0.2) is 18.2 Å².